The van der Waals surface area contributed by atoms with Crippen LogP contribution in [-0.4, -0.2) is 37.1 Å². The third-order valence-electron chi connectivity index (χ3n) is 1.74. The summed E-state index contributed by atoms with van der Waals surface area (Å²) in [5.41, 5.74) is 10.3. The lowest BCUT2D eigenvalue weighted by Gasteiger charge is -2.27. The Bertz CT molecular complexity index is 215. The average molecular weight is 187 g/mol. The van der Waals surface area contributed by atoms with Crippen molar-refractivity contribution in [3.05, 3.63) is 0 Å². The molecule has 0 bridgehead atoms. The van der Waals surface area contributed by atoms with Gasteiger partial charge in [0.1, 0.15) is 0 Å². The van der Waals surface area contributed by atoms with E-state index >= 15 is 0 Å². The maximum atomic E-state index is 11.2. The number of carbonyl (C=O) groups is 2. The highest BCUT2D eigenvalue weighted by Crippen LogP contribution is 2.00. The number of hydrogen-bond donors (Lipinski definition) is 3. The summed E-state index contributed by atoms with van der Waals surface area (Å²) in [7, 11) is 0. The minimum atomic E-state index is -0.849. The van der Waals surface area contributed by atoms with Crippen LogP contribution in [0.25, 0.3) is 0 Å². The van der Waals surface area contributed by atoms with E-state index < -0.39 is 11.9 Å². The van der Waals surface area contributed by atoms with Crippen molar-refractivity contribution in [1.82, 2.24) is 5.32 Å². The number of carbonyl (C=O) groups excluding carboxylic acids is 2. The molecule has 13 heavy (non-hydrogen) atoms. The van der Waals surface area contributed by atoms with E-state index in [9.17, 15) is 9.59 Å². The molecule has 0 radical (unpaired) electrons. The minimum Gasteiger partial charge on any atom is -0.377 e. The molecule has 0 spiro atoms. The van der Waals surface area contributed by atoms with Crippen molar-refractivity contribution >= 4 is 11.8 Å². The van der Waals surface area contributed by atoms with E-state index in [0.717, 1.165) is 0 Å². The Labute approximate surface area is 75.6 Å². The lowest BCUT2D eigenvalue weighted by Crippen LogP contribution is -2.53. The number of nitrogens with two attached hydrogens (primary N) is 2. The van der Waals surface area contributed by atoms with Gasteiger partial charge in [0.15, 0.2) is 0 Å². The van der Waals surface area contributed by atoms with Crippen LogP contribution in [-0.2, 0) is 14.3 Å². The number of primary amides is 1. The molecule has 0 aromatic heterocycles. The maximum Gasteiger partial charge on any atom is 0.237 e. The SMILES string of the molecule is NC(=O)CC(N)C(=O)NC1COC1. The summed E-state index contributed by atoms with van der Waals surface area (Å²) in [4.78, 5) is 21.6. The Morgan fingerprint density at radius 3 is 2.54 bits per heavy atom. The third kappa shape index (κ3) is 3.00. The highest BCUT2D eigenvalue weighted by atomic mass is 16.5. The summed E-state index contributed by atoms with van der Waals surface area (Å²) in [5, 5.41) is 2.62. The van der Waals surface area contributed by atoms with E-state index in [1.807, 2.05) is 0 Å². The van der Waals surface area contributed by atoms with E-state index in [0.29, 0.717) is 13.2 Å². The first-order chi connectivity index (χ1) is 6.09. The van der Waals surface area contributed by atoms with Crippen LogP contribution in [0.4, 0.5) is 0 Å². The highest BCUT2D eigenvalue weighted by Gasteiger charge is 2.23. The van der Waals surface area contributed by atoms with Crippen LogP contribution in [0.5, 0.6) is 0 Å². The summed E-state index contributed by atoms with van der Waals surface area (Å²) in [6, 6.07) is -0.815. The molecular formula is C7H13N3O3. The van der Waals surface area contributed by atoms with Crippen molar-refractivity contribution < 1.29 is 14.3 Å². The lowest BCUT2D eigenvalue weighted by molar-refractivity contribution is -0.129. The second-order valence-electron chi connectivity index (χ2n) is 3.02. The molecule has 5 N–H and O–H groups in total. The Morgan fingerprint density at radius 2 is 2.15 bits per heavy atom. The fourth-order valence-corrected chi connectivity index (χ4v) is 0.937. The molecule has 2 amide bonds. The molecule has 0 saturated carbocycles. The molecule has 6 nitrogen and oxygen atoms in total. The first-order valence-electron chi connectivity index (χ1n) is 4.01. The molecule has 1 heterocycles. The first-order valence-corrected chi connectivity index (χ1v) is 4.01. The molecule has 1 rings (SSSR count). The monoisotopic (exact) mass is 187 g/mol. The Morgan fingerprint density at radius 1 is 1.54 bits per heavy atom. The van der Waals surface area contributed by atoms with Gasteiger partial charge < -0.3 is 21.5 Å². The van der Waals surface area contributed by atoms with Gasteiger partial charge in [0, 0.05) is 0 Å². The molecule has 6 heteroatoms. The largest absolute Gasteiger partial charge is 0.377 e. The number of rotatable bonds is 4. The second kappa shape index (κ2) is 4.20. The van der Waals surface area contributed by atoms with Crippen LogP contribution < -0.4 is 16.8 Å². The Balaban J connectivity index is 2.24. The Kier molecular flexibility index (Phi) is 3.21. The van der Waals surface area contributed by atoms with E-state index in [-0.39, 0.29) is 18.4 Å². The highest BCUT2D eigenvalue weighted by molar-refractivity contribution is 5.87. The van der Waals surface area contributed by atoms with Crippen LogP contribution in [0, 0.1) is 0 Å². The quantitative estimate of drug-likeness (QED) is 0.460. The summed E-state index contributed by atoms with van der Waals surface area (Å²) in [6.07, 6.45) is -0.126. The normalized spacial score (nSPS) is 18.8. The standard InChI is InChI=1S/C7H13N3O3/c8-5(1-6(9)11)7(12)10-4-2-13-3-4/h4-5H,1-3,8H2,(H2,9,11)(H,10,12). The molecular weight excluding hydrogens is 174 g/mol. The summed E-state index contributed by atoms with van der Waals surface area (Å²) < 4.78 is 4.85. The summed E-state index contributed by atoms with van der Waals surface area (Å²) >= 11 is 0. The van der Waals surface area contributed by atoms with Gasteiger partial charge >= 0.3 is 0 Å². The lowest BCUT2D eigenvalue weighted by atomic mass is 10.1. The van der Waals surface area contributed by atoms with Gasteiger partial charge in [0.05, 0.1) is 31.7 Å². The third-order valence-corrected chi connectivity index (χ3v) is 1.74. The molecule has 1 fully saturated rings. The number of nitrogens with one attached hydrogen (secondary N) is 1. The van der Waals surface area contributed by atoms with E-state index in [2.05, 4.69) is 5.32 Å². The van der Waals surface area contributed by atoms with Crippen molar-refractivity contribution in [3.63, 3.8) is 0 Å². The van der Waals surface area contributed by atoms with Crippen molar-refractivity contribution in [2.75, 3.05) is 13.2 Å². The van der Waals surface area contributed by atoms with Crippen molar-refractivity contribution in [1.29, 1.82) is 0 Å². The molecule has 0 aliphatic carbocycles. The molecule has 1 aliphatic rings. The minimum absolute atomic E-state index is 0.0337. The topological polar surface area (TPSA) is 107 Å². The van der Waals surface area contributed by atoms with Gasteiger partial charge in [-0.1, -0.05) is 0 Å². The van der Waals surface area contributed by atoms with E-state index in [4.69, 9.17) is 16.2 Å². The number of hydrogen-bond acceptors (Lipinski definition) is 4. The predicted octanol–water partition coefficient (Wildman–Crippen LogP) is -2.30. The Hall–Kier alpha value is -1.14. The van der Waals surface area contributed by atoms with Crippen LogP contribution in [0.15, 0.2) is 0 Å². The molecule has 1 aliphatic heterocycles. The zero-order chi connectivity index (χ0) is 9.84. The van der Waals surface area contributed by atoms with Gasteiger partial charge in [-0.3, -0.25) is 9.59 Å². The zero-order valence-corrected chi connectivity index (χ0v) is 7.16. The van der Waals surface area contributed by atoms with Gasteiger partial charge in [-0.25, -0.2) is 0 Å². The maximum absolute atomic E-state index is 11.2. The fourth-order valence-electron chi connectivity index (χ4n) is 0.937. The van der Waals surface area contributed by atoms with Crippen molar-refractivity contribution in [2.24, 2.45) is 11.5 Å². The van der Waals surface area contributed by atoms with Gasteiger partial charge in [-0.05, 0) is 0 Å². The summed E-state index contributed by atoms with van der Waals surface area (Å²) in [5.74, 6) is -0.931. The van der Waals surface area contributed by atoms with Gasteiger partial charge in [-0.15, -0.1) is 0 Å². The fraction of sp³-hybridized carbons (Fsp3) is 0.714. The molecule has 0 aromatic carbocycles. The van der Waals surface area contributed by atoms with Crippen molar-refractivity contribution in [3.8, 4) is 0 Å². The smallest absolute Gasteiger partial charge is 0.237 e. The summed E-state index contributed by atoms with van der Waals surface area (Å²) in [6.45, 7) is 1.02. The van der Waals surface area contributed by atoms with Crippen LogP contribution in [0.1, 0.15) is 6.42 Å². The number of ether oxygens (including phenoxy) is 1. The van der Waals surface area contributed by atoms with Gasteiger partial charge in [-0.2, -0.15) is 0 Å². The molecule has 74 valence electrons. The first kappa shape index (κ1) is 9.94. The van der Waals surface area contributed by atoms with Crippen LogP contribution in [0.2, 0.25) is 0 Å². The van der Waals surface area contributed by atoms with Crippen molar-refractivity contribution in [2.45, 2.75) is 18.5 Å². The molecule has 0 aromatic rings. The number of amides is 2. The molecule has 1 atom stereocenters. The second-order valence-corrected chi connectivity index (χ2v) is 3.02. The van der Waals surface area contributed by atoms with Crippen LogP contribution in [0.3, 0.4) is 0 Å². The van der Waals surface area contributed by atoms with Gasteiger partial charge in [0.2, 0.25) is 11.8 Å². The van der Waals surface area contributed by atoms with E-state index in [1.54, 1.807) is 0 Å². The van der Waals surface area contributed by atoms with Gasteiger partial charge in [0.25, 0.3) is 0 Å². The molecule has 1 saturated heterocycles. The predicted molar refractivity (Wildman–Crippen MR) is 44.5 cm³/mol. The van der Waals surface area contributed by atoms with Crippen LogP contribution >= 0.6 is 0 Å². The molecule has 1 unspecified atom stereocenters. The van der Waals surface area contributed by atoms with E-state index in [1.165, 1.54) is 0 Å². The zero-order valence-electron chi connectivity index (χ0n) is 7.16. The average Bonchev–Trinajstić information content (AvgIpc) is 1.94.